The summed E-state index contributed by atoms with van der Waals surface area (Å²) in [5.74, 6) is -0.145. The number of amides is 2. The lowest BCUT2D eigenvalue weighted by Gasteiger charge is -2.19. The summed E-state index contributed by atoms with van der Waals surface area (Å²) in [4.78, 5) is 36.2. The van der Waals surface area contributed by atoms with Crippen LogP contribution in [-0.2, 0) is 20.7 Å². The molecule has 0 bridgehead atoms. The second-order valence-corrected chi connectivity index (χ2v) is 8.75. The number of alkyl carbamates (subject to hydrolysis) is 1. The summed E-state index contributed by atoms with van der Waals surface area (Å²) in [6.45, 7) is 6.49. The Balaban J connectivity index is 1.77. The number of ether oxygens (including phenoxy) is 3. The number of carbonyl (C=O) groups excluding carboxylic acids is 3. The van der Waals surface area contributed by atoms with E-state index in [-0.39, 0.29) is 5.91 Å². The Bertz CT molecular complexity index is 923. The fourth-order valence-electron chi connectivity index (χ4n) is 3.05. The van der Waals surface area contributed by atoms with E-state index in [9.17, 15) is 14.4 Å². The quantitative estimate of drug-likeness (QED) is 0.382. The molecule has 2 amide bonds. The lowest BCUT2D eigenvalue weighted by atomic mass is 10.1. The number of unbranched alkanes of at least 4 members (excludes halogenated alkanes) is 1. The van der Waals surface area contributed by atoms with E-state index < -0.39 is 23.7 Å². The van der Waals surface area contributed by atoms with Gasteiger partial charge in [0.1, 0.15) is 17.4 Å². The average Bonchev–Trinajstić information content (AvgIpc) is 2.80. The van der Waals surface area contributed by atoms with Crippen LogP contribution in [0.5, 0.6) is 5.75 Å². The zero-order valence-electron chi connectivity index (χ0n) is 20.3. The molecule has 2 rings (SSSR count). The molecule has 0 fully saturated rings. The lowest BCUT2D eigenvalue weighted by molar-refractivity contribution is -0.142. The largest absolute Gasteiger partial charge is 0.494 e. The summed E-state index contributed by atoms with van der Waals surface area (Å²) < 4.78 is 15.8. The van der Waals surface area contributed by atoms with Gasteiger partial charge in [-0.05, 0) is 63.4 Å². The number of rotatable bonds is 11. The van der Waals surface area contributed by atoms with Gasteiger partial charge in [0.2, 0.25) is 0 Å². The molecule has 2 N–H and O–H groups in total. The molecule has 8 nitrogen and oxygen atoms in total. The van der Waals surface area contributed by atoms with Crippen molar-refractivity contribution in [2.45, 2.75) is 51.7 Å². The van der Waals surface area contributed by atoms with E-state index in [1.807, 2.05) is 51.1 Å². The predicted octanol–water partition coefficient (Wildman–Crippen LogP) is 3.88. The minimum Gasteiger partial charge on any atom is -0.494 e. The number of hydrogen-bond donors (Lipinski definition) is 2. The molecule has 2 aromatic rings. The first kappa shape index (κ1) is 26.7. The third kappa shape index (κ3) is 9.94. The number of benzene rings is 2. The van der Waals surface area contributed by atoms with Crippen LogP contribution in [0.2, 0.25) is 0 Å². The van der Waals surface area contributed by atoms with E-state index in [4.69, 9.17) is 14.2 Å². The Morgan fingerprint density at radius 2 is 1.62 bits per heavy atom. The van der Waals surface area contributed by atoms with Crippen molar-refractivity contribution in [3.8, 4) is 5.75 Å². The highest BCUT2D eigenvalue weighted by atomic mass is 16.6. The molecular weight excluding hydrogens is 436 g/mol. The second-order valence-electron chi connectivity index (χ2n) is 8.75. The zero-order valence-corrected chi connectivity index (χ0v) is 20.3. The maximum atomic E-state index is 12.4. The normalized spacial score (nSPS) is 11.8. The molecule has 0 saturated carbocycles. The van der Waals surface area contributed by atoms with Gasteiger partial charge in [-0.15, -0.1) is 0 Å². The molecule has 0 aliphatic carbocycles. The van der Waals surface area contributed by atoms with E-state index >= 15 is 0 Å². The van der Waals surface area contributed by atoms with Gasteiger partial charge in [-0.3, -0.25) is 4.79 Å². The molecule has 0 spiro atoms. The topological polar surface area (TPSA) is 103 Å². The summed E-state index contributed by atoms with van der Waals surface area (Å²) in [5, 5.41) is 5.45. The van der Waals surface area contributed by atoms with Crippen molar-refractivity contribution in [2.24, 2.45) is 0 Å². The Morgan fingerprint density at radius 3 is 2.24 bits per heavy atom. The SMILES string of the molecule is COC(=O)[C@H](Cc1ccc(OCCCCNC(=O)OC(C)(C)C)cc1)NC(=O)c1ccccc1. The highest BCUT2D eigenvalue weighted by Crippen LogP contribution is 2.15. The third-order valence-electron chi connectivity index (χ3n) is 4.70. The molecule has 0 saturated heterocycles. The fourth-order valence-corrected chi connectivity index (χ4v) is 3.05. The highest BCUT2D eigenvalue weighted by molar-refractivity contribution is 5.96. The smallest absolute Gasteiger partial charge is 0.407 e. The lowest BCUT2D eigenvalue weighted by Crippen LogP contribution is -2.43. The highest BCUT2D eigenvalue weighted by Gasteiger charge is 2.22. The summed E-state index contributed by atoms with van der Waals surface area (Å²) in [7, 11) is 1.30. The van der Waals surface area contributed by atoms with E-state index in [1.54, 1.807) is 24.3 Å². The van der Waals surface area contributed by atoms with Crippen molar-refractivity contribution in [2.75, 3.05) is 20.3 Å². The summed E-state index contributed by atoms with van der Waals surface area (Å²) in [5.41, 5.74) is 0.822. The van der Waals surface area contributed by atoms with E-state index in [0.29, 0.717) is 30.9 Å². The van der Waals surface area contributed by atoms with Gasteiger partial charge in [0, 0.05) is 18.5 Å². The third-order valence-corrected chi connectivity index (χ3v) is 4.70. The molecule has 8 heteroatoms. The van der Waals surface area contributed by atoms with Crippen LogP contribution < -0.4 is 15.4 Å². The van der Waals surface area contributed by atoms with Crippen LogP contribution >= 0.6 is 0 Å². The molecule has 184 valence electrons. The summed E-state index contributed by atoms with van der Waals surface area (Å²) in [6, 6.07) is 15.3. The molecule has 2 aromatic carbocycles. The number of esters is 1. The summed E-state index contributed by atoms with van der Waals surface area (Å²) in [6.07, 6.45) is 1.41. The maximum Gasteiger partial charge on any atom is 0.407 e. The van der Waals surface area contributed by atoms with Crippen LogP contribution in [0.15, 0.2) is 54.6 Å². The monoisotopic (exact) mass is 470 g/mol. The first-order valence-corrected chi connectivity index (χ1v) is 11.3. The van der Waals surface area contributed by atoms with Gasteiger partial charge in [-0.2, -0.15) is 0 Å². The fraction of sp³-hybridized carbons (Fsp3) is 0.423. The maximum absolute atomic E-state index is 12.4. The van der Waals surface area contributed by atoms with Crippen LogP contribution in [-0.4, -0.2) is 49.9 Å². The standard InChI is InChI=1S/C26H34N2O6/c1-26(2,3)34-25(31)27-16-8-9-17-33-21-14-12-19(13-15-21)18-22(24(30)32-4)28-23(29)20-10-6-5-7-11-20/h5-7,10-15,22H,8-9,16-18H2,1-4H3,(H,27,31)(H,28,29)/t22-/m0/s1. The van der Waals surface area contributed by atoms with Gasteiger partial charge in [0.05, 0.1) is 13.7 Å². The van der Waals surface area contributed by atoms with Crippen molar-refractivity contribution in [1.82, 2.24) is 10.6 Å². The number of nitrogens with one attached hydrogen (secondary N) is 2. The molecule has 0 aliphatic rings. The van der Waals surface area contributed by atoms with Crippen molar-refractivity contribution < 1.29 is 28.6 Å². The van der Waals surface area contributed by atoms with E-state index in [2.05, 4.69) is 10.6 Å². The molecule has 34 heavy (non-hydrogen) atoms. The molecule has 1 atom stereocenters. The minimum atomic E-state index is -0.804. The molecule has 0 heterocycles. The Morgan fingerprint density at radius 1 is 0.941 bits per heavy atom. The molecular formula is C26H34N2O6. The van der Waals surface area contributed by atoms with Crippen LogP contribution in [0.4, 0.5) is 4.79 Å². The number of carbonyl (C=O) groups is 3. The average molecular weight is 471 g/mol. The van der Waals surface area contributed by atoms with Gasteiger partial charge in [0.15, 0.2) is 0 Å². The van der Waals surface area contributed by atoms with Crippen LogP contribution in [0.1, 0.15) is 49.5 Å². The molecule has 0 unspecified atom stereocenters. The Kier molecular flexibility index (Phi) is 10.4. The van der Waals surface area contributed by atoms with Crippen molar-refractivity contribution in [3.63, 3.8) is 0 Å². The Hall–Kier alpha value is -3.55. The zero-order chi connectivity index (χ0) is 25.0. The van der Waals surface area contributed by atoms with Crippen molar-refractivity contribution in [3.05, 3.63) is 65.7 Å². The van der Waals surface area contributed by atoms with Crippen LogP contribution in [0.25, 0.3) is 0 Å². The van der Waals surface area contributed by atoms with Gasteiger partial charge in [-0.1, -0.05) is 30.3 Å². The predicted molar refractivity (Wildman–Crippen MR) is 129 cm³/mol. The molecule has 0 aromatic heterocycles. The Labute approximate surface area is 201 Å². The first-order valence-electron chi connectivity index (χ1n) is 11.3. The van der Waals surface area contributed by atoms with Crippen LogP contribution in [0, 0.1) is 0 Å². The number of hydrogen-bond acceptors (Lipinski definition) is 6. The molecule has 0 radical (unpaired) electrons. The van der Waals surface area contributed by atoms with Gasteiger partial charge >= 0.3 is 12.1 Å². The van der Waals surface area contributed by atoms with Crippen molar-refractivity contribution in [1.29, 1.82) is 0 Å². The van der Waals surface area contributed by atoms with Gasteiger partial charge in [0.25, 0.3) is 5.91 Å². The number of methoxy groups -OCH3 is 1. The van der Waals surface area contributed by atoms with Crippen LogP contribution in [0.3, 0.4) is 0 Å². The van der Waals surface area contributed by atoms with E-state index in [1.165, 1.54) is 7.11 Å². The first-order chi connectivity index (χ1) is 16.2. The van der Waals surface area contributed by atoms with Gasteiger partial charge < -0.3 is 24.8 Å². The summed E-state index contributed by atoms with van der Waals surface area (Å²) >= 11 is 0. The second kappa shape index (κ2) is 13.2. The molecule has 0 aliphatic heterocycles. The van der Waals surface area contributed by atoms with E-state index in [0.717, 1.165) is 18.4 Å². The van der Waals surface area contributed by atoms with Crippen molar-refractivity contribution >= 4 is 18.0 Å². The minimum absolute atomic E-state index is 0.294. The van der Waals surface area contributed by atoms with Gasteiger partial charge in [-0.25, -0.2) is 9.59 Å².